The number of benzene rings is 1. The molecule has 0 radical (unpaired) electrons. The van der Waals surface area contributed by atoms with Crippen LogP contribution in [0.5, 0.6) is 0 Å². The molecule has 6 heteroatoms. The number of esters is 1. The van der Waals surface area contributed by atoms with E-state index in [9.17, 15) is 4.79 Å². The van der Waals surface area contributed by atoms with Crippen molar-refractivity contribution in [2.24, 2.45) is 10.9 Å². The molecule has 1 aromatic rings. The van der Waals surface area contributed by atoms with Gasteiger partial charge in [0.1, 0.15) is 0 Å². The molecule has 1 saturated heterocycles. The number of hydrogen-bond donors (Lipinski definition) is 1. The number of carbonyl (C=O) groups is 1. The number of guanidine groups is 1. The van der Waals surface area contributed by atoms with Crippen LogP contribution in [-0.4, -0.2) is 67.1 Å². The van der Waals surface area contributed by atoms with Crippen LogP contribution in [0, 0.1) is 5.92 Å². The summed E-state index contributed by atoms with van der Waals surface area (Å²) in [7, 11) is 1.47. The Bertz CT molecular complexity index is 723. The van der Waals surface area contributed by atoms with Gasteiger partial charge in [-0.3, -0.25) is 14.7 Å². The SMILES string of the molecule is CCNC(=NCC(C)(C)N1CCc2ccccc2C1)N1CCC(C(=O)OC)CC1. The first-order chi connectivity index (χ1) is 13.9. The number of fused-ring (bicyclic) bond motifs is 1. The lowest BCUT2D eigenvalue weighted by atomic mass is 9.94. The highest BCUT2D eigenvalue weighted by molar-refractivity contribution is 5.80. The summed E-state index contributed by atoms with van der Waals surface area (Å²) in [6, 6.07) is 8.76. The van der Waals surface area contributed by atoms with Gasteiger partial charge in [-0.15, -0.1) is 0 Å². The third kappa shape index (κ3) is 5.30. The predicted octanol–water partition coefficient (Wildman–Crippen LogP) is 2.67. The van der Waals surface area contributed by atoms with Crippen LogP contribution in [0.4, 0.5) is 0 Å². The minimum atomic E-state index is -0.0851. The number of rotatable bonds is 5. The highest BCUT2D eigenvalue weighted by Crippen LogP contribution is 2.26. The zero-order valence-corrected chi connectivity index (χ0v) is 18.4. The number of nitrogens with zero attached hydrogens (tertiary/aromatic N) is 3. The first kappa shape index (κ1) is 21.6. The molecule has 0 spiro atoms. The van der Waals surface area contributed by atoms with Crippen molar-refractivity contribution in [3.05, 3.63) is 35.4 Å². The molecule has 3 rings (SSSR count). The van der Waals surface area contributed by atoms with E-state index in [1.165, 1.54) is 18.2 Å². The molecule has 2 aliphatic heterocycles. The van der Waals surface area contributed by atoms with E-state index in [0.717, 1.165) is 64.5 Å². The van der Waals surface area contributed by atoms with Gasteiger partial charge in [0.25, 0.3) is 0 Å². The molecular weight excluding hydrogens is 364 g/mol. The second-order valence-electron chi connectivity index (χ2n) is 8.71. The second-order valence-corrected chi connectivity index (χ2v) is 8.71. The Kier molecular flexibility index (Phi) is 7.17. The Morgan fingerprint density at radius 2 is 1.90 bits per heavy atom. The topological polar surface area (TPSA) is 57.2 Å². The maximum absolute atomic E-state index is 11.8. The van der Waals surface area contributed by atoms with Gasteiger partial charge in [-0.25, -0.2) is 0 Å². The van der Waals surface area contributed by atoms with Crippen molar-refractivity contribution in [3.63, 3.8) is 0 Å². The number of methoxy groups -OCH3 is 1. The number of hydrogen-bond acceptors (Lipinski definition) is 4. The van der Waals surface area contributed by atoms with Gasteiger partial charge in [-0.1, -0.05) is 24.3 Å². The summed E-state index contributed by atoms with van der Waals surface area (Å²) in [6.07, 6.45) is 2.75. The normalized spacial score (nSPS) is 19.0. The van der Waals surface area contributed by atoms with Crippen LogP contribution in [0.1, 0.15) is 44.7 Å². The van der Waals surface area contributed by atoms with Crippen molar-refractivity contribution in [2.75, 3.05) is 39.8 Å². The number of aliphatic imine (C=N–C) groups is 1. The fourth-order valence-corrected chi connectivity index (χ4v) is 4.30. The molecule has 0 saturated carbocycles. The monoisotopic (exact) mass is 400 g/mol. The predicted molar refractivity (Wildman–Crippen MR) is 117 cm³/mol. The van der Waals surface area contributed by atoms with E-state index in [1.54, 1.807) is 0 Å². The van der Waals surface area contributed by atoms with Gasteiger partial charge in [-0.05, 0) is 51.2 Å². The van der Waals surface area contributed by atoms with Crippen LogP contribution < -0.4 is 5.32 Å². The van der Waals surface area contributed by atoms with Crippen LogP contribution >= 0.6 is 0 Å². The summed E-state index contributed by atoms with van der Waals surface area (Å²) < 4.78 is 4.91. The van der Waals surface area contributed by atoms with Crippen molar-refractivity contribution in [1.82, 2.24) is 15.1 Å². The molecule has 0 unspecified atom stereocenters. The number of nitrogens with one attached hydrogen (secondary N) is 1. The smallest absolute Gasteiger partial charge is 0.308 e. The van der Waals surface area contributed by atoms with Gasteiger partial charge in [0, 0.05) is 38.3 Å². The van der Waals surface area contributed by atoms with Crippen LogP contribution in [-0.2, 0) is 22.5 Å². The highest BCUT2D eigenvalue weighted by Gasteiger charge is 2.31. The van der Waals surface area contributed by atoms with Crippen molar-refractivity contribution in [2.45, 2.75) is 52.1 Å². The first-order valence-corrected chi connectivity index (χ1v) is 10.9. The summed E-state index contributed by atoms with van der Waals surface area (Å²) in [5.74, 6) is 0.892. The maximum atomic E-state index is 11.8. The van der Waals surface area contributed by atoms with E-state index >= 15 is 0 Å². The van der Waals surface area contributed by atoms with Gasteiger partial charge in [0.15, 0.2) is 5.96 Å². The van der Waals surface area contributed by atoms with E-state index < -0.39 is 0 Å². The Hall–Kier alpha value is -2.08. The van der Waals surface area contributed by atoms with Crippen LogP contribution in [0.2, 0.25) is 0 Å². The fourth-order valence-electron chi connectivity index (χ4n) is 4.30. The van der Waals surface area contributed by atoms with E-state index in [2.05, 4.69) is 60.2 Å². The molecule has 160 valence electrons. The molecule has 2 aliphatic rings. The van der Waals surface area contributed by atoms with Gasteiger partial charge in [-0.2, -0.15) is 0 Å². The van der Waals surface area contributed by atoms with Crippen molar-refractivity contribution in [1.29, 1.82) is 0 Å². The lowest BCUT2D eigenvalue weighted by Crippen LogP contribution is -2.50. The third-order valence-electron chi connectivity index (χ3n) is 6.27. The van der Waals surface area contributed by atoms with Gasteiger partial charge >= 0.3 is 5.97 Å². The average Bonchev–Trinajstić information content (AvgIpc) is 2.76. The Morgan fingerprint density at radius 3 is 2.55 bits per heavy atom. The summed E-state index contributed by atoms with van der Waals surface area (Å²) in [4.78, 5) is 21.6. The molecule has 2 heterocycles. The molecule has 0 amide bonds. The summed E-state index contributed by atoms with van der Waals surface area (Å²) >= 11 is 0. The highest BCUT2D eigenvalue weighted by atomic mass is 16.5. The van der Waals surface area contributed by atoms with Crippen LogP contribution in [0.15, 0.2) is 29.3 Å². The molecule has 0 aliphatic carbocycles. The Labute approximate surface area is 175 Å². The second kappa shape index (κ2) is 9.61. The minimum Gasteiger partial charge on any atom is -0.469 e. The number of piperidine rings is 1. The van der Waals surface area contributed by atoms with Crippen molar-refractivity contribution in [3.8, 4) is 0 Å². The Morgan fingerprint density at radius 1 is 1.21 bits per heavy atom. The molecule has 1 N–H and O–H groups in total. The molecule has 0 bridgehead atoms. The minimum absolute atomic E-state index is 0.0153. The van der Waals surface area contributed by atoms with E-state index in [0.29, 0.717) is 0 Å². The van der Waals surface area contributed by atoms with E-state index in [1.807, 2.05) is 0 Å². The quantitative estimate of drug-likeness (QED) is 0.468. The van der Waals surface area contributed by atoms with Crippen LogP contribution in [0.25, 0.3) is 0 Å². The van der Waals surface area contributed by atoms with Gasteiger partial charge < -0.3 is 15.0 Å². The molecule has 6 nitrogen and oxygen atoms in total. The van der Waals surface area contributed by atoms with Crippen molar-refractivity contribution >= 4 is 11.9 Å². The standard InChI is InChI=1S/C23H36N4O2/c1-5-24-22(26-13-10-19(11-14-26)21(28)29-4)25-17-23(2,3)27-15-12-18-8-6-7-9-20(18)16-27/h6-9,19H,5,10-17H2,1-4H3,(H,24,25). The summed E-state index contributed by atoms with van der Waals surface area (Å²) in [6.45, 7) is 12.0. The summed E-state index contributed by atoms with van der Waals surface area (Å²) in [5, 5.41) is 3.44. The van der Waals surface area contributed by atoms with E-state index in [4.69, 9.17) is 9.73 Å². The fraction of sp³-hybridized carbons (Fsp3) is 0.652. The molecule has 0 aromatic heterocycles. The van der Waals surface area contributed by atoms with Gasteiger partial charge in [0.05, 0.1) is 19.6 Å². The average molecular weight is 401 g/mol. The lowest BCUT2D eigenvalue weighted by molar-refractivity contribution is -0.146. The Balaban J connectivity index is 1.63. The molecule has 0 atom stereocenters. The zero-order valence-electron chi connectivity index (χ0n) is 18.4. The molecular formula is C23H36N4O2. The van der Waals surface area contributed by atoms with E-state index in [-0.39, 0.29) is 17.4 Å². The van der Waals surface area contributed by atoms with Crippen molar-refractivity contribution < 1.29 is 9.53 Å². The van der Waals surface area contributed by atoms with Crippen LogP contribution in [0.3, 0.4) is 0 Å². The zero-order chi connectivity index (χ0) is 20.9. The lowest BCUT2D eigenvalue weighted by Gasteiger charge is -2.41. The molecule has 29 heavy (non-hydrogen) atoms. The molecule has 1 aromatic carbocycles. The number of carbonyl (C=O) groups excluding carboxylic acids is 1. The number of ether oxygens (including phenoxy) is 1. The first-order valence-electron chi connectivity index (χ1n) is 10.9. The van der Waals surface area contributed by atoms with Gasteiger partial charge in [0.2, 0.25) is 0 Å². The largest absolute Gasteiger partial charge is 0.469 e. The molecule has 1 fully saturated rings. The maximum Gasteiger partial charge on any atom is 0.308 e. The number of likely N-dealkylation sites (tertiary alicyclic amines) is 1. The third-order valence-corrected chi connectivity index (χ3v) is 6.27. The summed E-state index contributed by atoms with van der Waals surface area (Å²) in [5.41, 5.74) is 2.90.